The number of carbonyl (C=O) groups is 11. The van der Waals surface area contributed by atoms with Crippen LogP contribution in [0.25, 0.3) is 0 Å². The van der Waals surface area contributed by atoms with Crippen LogP contribution in [0.2, 0.25) is 0 Å². The highest BCUT2D eigenvalue weighted by Gasteiger charge is 2.45. The van der Waals surface area contributed by atoms with Crippen LogP contribution in [0.1, 0.15) is 183 Å². The van der Waals surface area contributed by atoms with E-state index < -0.39 is 149 Å². The molecule has 1 aliphatic heterocycles. The molecule has 0 aromatic heterocycles. The smallest absolute Gasteiger partial charge is 0.246 e. The van der Waals surface area contributed by atoms with Crippen LogP contribution >= 0.6 is 11.8 Å². The van der Waals surface area contributed by atoms with Gasteiger partial charge in [0.25, 0.3) is 0 Å². The zero-order valence-electron chi connectivity index (χ0n) is 63.1. The van der Waals surface area contributed by atoms with Crippen molar-refractivity contribution in [2.24, 2.45) is 35.5 Å². The van der Waals surface area contributed by atoms with Crippen LogP contribution < -0.4 is 21.3 Å². The summed E-state index contributed by atoms with van der Waals surface area (Å²) in [5.74, 6) is -7.97. The van der Waals surface area contributed by atoms with Gasteiger partial charge in [-0.25, -0.2) is 0 Å². The van der Waals surface area contributed by atoms with Gasteiger partial charge in [0.05, 0.1) is 5.60 Å². The third kappa shape index (κ3) is 26.5. The van der Waals surface area contributed by atoms with E-state index in [1.165, 1.54) is 123 Å². The molecule has 25 heteroatoms. The van der Waals surface area contributed by atoms with Crippen LogP contribution in [0.15, 0.2) is 12.2 Å². The van der Waals surface area contributed by atoms with E-state index in [1.54, 1.807) is 34.6 Å². The number of allylic oxidation sites excluding steroid dienone is 2. The molecule has 0 aliphatic carbocycles. The minimum absolute atomic E-state index is 0.0611. The first-order valence-electron chi connectivity index (χ1n) is 34.7. The van der Waals surface area contributed by atoms with Crippen molar-refractivity contribution in [3.8, 4) is 0 Å². The van der Waals surface area contributed by atoms with Gasteiger partial charge in [0, 0.05) is 73.8 Å². The number of aliphatic hydroxyl groups is 1. The molecule has 0 bridgehead atoms. The molecule has 0 aromatic rings. The third-order valence-corrected chi connectivity index (χ3v) is 19.3. The van der Waals surface area contributed by atoms with Crippen LogP contribution in [0, 0.1) is 35.5 Å². The summed E-state index contributed by atoms with van der Waals surface area (Å²) < 4.78 is 0. The minimum Gasteiger partial charge on any atom is -0.390 e. The number of nitrogens with one attached hydrogen (secondary N) is 4. The van der Waals surface area contributed by atoms with Gasteiger partial charge < -0.3 is 65.6 Å². The van der Waals surface area contributed by atoms with Gasteiger partial charge in [-0.2, -0.15) is 11.8 Å². The first kappa shape index (κ1) is 87.2. The SMILES string of the molecule is C/C=C/C[C@@H](C)C[C@H]1C(=O)N[C@@H](CC)C(=O)N(C)[C@H](CSCCN(CC)CC)C(=O)N(C)[C@@H](CC(C)(C)O)C(=O)N[C@H](C(C)C)C(=O)N(C)[C@H](CC(C)C)C(=O)N[C@H](C)C(=O)N[C@@H](C)C(=O)N(C)[C@@H](CC(C)C)C(=O)N(C)[C@@H](CCC(C)C)C(=O)N(C)[C@@H](C(C)C)C(=O)N1C. The Morgan fingerprint density at radius 2 is 0.958 bits per heavy atom. The molecule has 1 rings (SSSR count). The largest absolute Gasteiger partial charge is 0.390 e. The average molecular weight is 1360 g/mol. The van der Waals surface area contributed by atoms with E-state index in [2.05, 4.69) is 26.2 Å². The van der Waals surface area contributed by atoms with Crippen LogP contribution in [0.4, 0.5) is 0 Å². The number of hydrogen-bond donors (Lipinski definition) is 5. The zero-order chi connectivity index (χ0) is 73.4. The summed E-state index contributed by atoms with van der Waals surface area (Å²) in [5, 5.41) is 22.7. The van der Waals surface area contributed by atoms with E-state index in [4.69, 9.17) is 0 Å². The Hall–Kier alpha value is -5.82. The summed E-state index contributed by atoms with van der Waals surface area (Å²) in [6.45, 7) is 36.2. The number of amides is 11. The molecule has 0 spiro atoms. The summed E-state index contributed by atoms with van der Waals surface area (Å²) in [5.41, 5.74) is -1.56. The van der Waals surface area contributed by atoms with Crippen molar-refractivity contribution >= 4 is 76.7 Å². The molecule has 12 atom stereocenters. The van der Waals surface area contributed by atoms with Crippen molar-refractivity contribution in [2.75, 3.05) is 80.5 Å². The predicted octanol–water partition coefficient (Wildman–Crippen LogP) is 5.25. The lowest BCUT2D eigenvalue weighted by atomic mass is 9.94. The Balaban J connectivity index is 4.56. The number of nitrogens with zero attached hydrogens (tertiary/aromatic N) is 8. The summed E-state index contributed by atoms with van der Waals surface area (Å²) in [6, 6.07) is -13.4. The number of hydrogen-bond acceptors (Lipinski definition) is 14. The molecule has 11 amide bonds. The molecule has 1 saturated heterocycles. The van der Waals surface area contributed by atoms with Gasteiger partial charge in [-0.05, 0) is 128 Å². The van der Waals surface area contributed by atoms with Crippen molar-refractivity contribution in [3.63, 3.8) is 0 Å². The highest BCUT2D eigenvalue weighted by Crippen LogP contribution is 2.27. The predicted molar refractivity (Wildman–Crippen MR) is 377 cm³/mol. The van der Waals surface area contributed by atoms with Gasteiger partial charge in [0.1, 0.15) is 66.5 Å². The molecule has 95 heavy (non-hydrogen) atoms. The van der Waals surface area contributed by atoms with E-state index in [-0.39, 0.29) is 67.9 Å². The fourth-order valence-electron chi connectivity index (χ4n) is 12.0. The lowest BCUT2D eigenvalue weighted by molar-refractivity contribution is -0.156. The molecule has 5 N–H and O–H groups in total. The normalized spacial score (nSPS) is 26.0. The molecule has 24 nitrogen and oxygen atoms in total. The lowest BCUT2D eigenvalue weighted by Crippen LogP contribution is -2.62. The first-order chi connectivity index (χ1) is 44.0. The molecule has 546 valence electrons. The molecule has 0 radical (unpaired) electrons. The Bertz CT molecular complexity index is 2560. The second-order valence-electron chi connectivity index (χ2n) is 29.1. The van der Waals surface area contributed by atoms with Crippen LogP contribution in [-0.2, 0) is 52.7 Å². The average Bonchev–Trinajstić information content (AvgIpc) is 0.817. The molecular weight excluding hydrogens is 1230 g/mol. The van der Waals surface area contributed by atoms with Crippen molar-refractivity contribution in [1.82, 2.24) is 60.5 Å². The van der Waals surface area contributed by atoms with Crippen LogP contribution in [-0.4, -0.2) is 262 Å². The third-order valence-electron chi connectivity index (χ3n) is 18.3. The molecule has 1 aliphatic rings. The van der Waals surface area contributed by atoms with E-state index in [0.29, 0.717) is 25.1 Å². The number of likely N-dealkylation sites (N-methyl/N-ethyl adjacent to an activating group) is 7. The second-order valence-corrected chi connectivity index (χ2v) is 30.2. The number of rotatable bonds is 23. The molecule has 0 unspecified atom stereocenters. The van der Waals surface area contributed by atoms with E-state index in [1.807, 2.05) is 81.4 Å². The van der Waals surface area contributed by atoms with Gasteiger partial charge in [-0.1, -0.05) is 109 Å². The summed E-state index contributed by atoms with van der Waals surface area (Å²) >= 11 is 1.43. The van der Waals surface area contributed by atoms with Crippen LogP contribution in [0.5, 0.6) is 0 Å². The van der Waals surface area contributed by atoms with Gasteiger partial charge in [-0.3, -0.25) is 52.7 Å². The Morgan fingerprint density at radius 1 is 0.505 bits per heavy atom. The molecule has 1 heterocycles. The Labute approximate surface area is 575 Å². The summed E-state index contributed by atoms with van der Waals surface area (Å²) in [4.78, 5) is 176. The monoisotopic (exact) mass is 1360 g/mol. The summed E-state index contributed by atoms with van der Waals surface area (Å²) in [6.07, 6.45) is 5.31. The number of carbonyl (C=O) groups excluding carboxylic acids is 11. The van der Waals surface area contributed by atoms with Crippen molar-refractivity contribution in [2.45, 2.75) is 255 Å². The highest BCUT2D eigenvalue weighted by atomic mass is 32.2. The minimum atomic E-state index is -1.56. The molecule has 0 saturated carbocycles. The fourth-order valence-corrected chi connectivity index (χ4v) is 13.1. The van der Waals surface area contributed by atoms with Gasteiger partial charge >= 0.3 is 0 Å². The zero-order valence-corrected chi connectivity index (χ0v) is 63.9. The topological polar surface area (TPSA) is 282 Å². The van der Waals surface area contributed by atoms with Crippen molar-refractivity contribution in [3.05, 3.63) is 12.2 Å². The molecular formula is C70H128N12O12S. The van der Waals surface area contributed by atoms with E-state index in [0.717, 1.165) is 13.1 Å². The fraction of sp³-hybridized carbons (Fsp3) is 0.814. The van der Waals surface area contributed by atoms with Crippen molar-refractivity contribution in [1.29, 1.82) is 0 Å². The lowest BCUT2D eigenvalue weighted by Gasteiger charge is -2.41. The maximum Gasteiger partial charge on any atom is 0.246 e. The standard InChI is InChI=1S/C70H128N12O12S/c1-27-31-32-47(15)39-53-61(85)73-50(28-2)64(88)80(25)56(41-95-36-35-82(29-3)30-4)67(91)79(24)55(40-70(18,19)94)62(86)74-57(45(11)12)68(92)76(21)52(37-43(7)8)60(84)71-48(16)59(83)72-49(17)63(87)78(23)54(38-44(9)10)66(90)75(20)51(34-33-42(5)6)65(89)81(26)58(46(13)14)69(93)77(53)22/h27,31,42-58,94H,28-30,32-41H2,1-26H3,(H,71,84)(H,72,83)(H,73,85)(H,74,86)/b31-27+/t47-,48-,49+,50+,51+,52-,53+,54+,55+,56-,57-,58+/m1/s1. The van der Waals surface area contributed by atoms with Crippen molar-refractivity contribution < 1.29 is 57.8 Å². The Kier molecular flexibility index (Phi) is 37.4. The number of thioether (sulfide) groups is 1. The maximum absolute atomic E-state index is 15.4. The maximum atomic E-state index is 15.4. The second kappa shape index (κ2) is 40.8. The van der Waals surface area contributed by atoms with E-state index in [9.17, 15) is 29.1 Å². The quantitative estimate of drug-likeness (QED) is 0.0646. The Morgan fingerprint density at radius 3 is 1.45 bits per heavy atom. The highest BCUT2D eigenvalue weighted by molar-refractivity contribution is 7.99. The van der Waals surface area contributed by atoms with Gasteiger partial charge in [-0.15, -0.1) is 0 Å². The molecule has 0 aromatic carbocycles. The molecule has 1 fully saturated rings. The van der Waals surface area contributed by atoms with Gasteiger partial charge in [0.2, 0.25) is 65.0 Å². The van der Waals surface area contributed by atoms with Crippen LogP contribution in [0.3, 0.4) is 0 Å². The first-order valence-corrected chi connectivity index (χ1v) is 35.8. The van der Waals surface area contributed by atoms with Gasteiger partial charge in [0.15, 0.2) is 0 Å². The van der Waals surface area contributed by atoms with E-state index >= 15 is 28.8 Å². The summed E-state index contributed by atoms with van der Waals surface area (Å²) in [7, 11) is 10.3.